The summed E-state index contributed by atoms with van der Waals surface area (Å²) in [5, 5.41) is 5.27. The second kappa shape index (κ2) is 7.93. The normalized spacial score (nSPS) is 11.4. The van der Waals surface area contributed by atoms with E-state index in [1.54, 1.807) is 36.5 Å². The highest BCUT2D eigenvalue weighted by molar-refractivity contribution is 6.39. The molecule has 0 spiro atoms. The molecule has 0 aliphatic carbocycles. The van der Waals surface area contributed by atoms with Crippen LogP contribution in [0.3, 0.4) is 0 Å². The third-order valence-corrected chi connectivity index (χ3v) is 3.45. The van der Waals surface area contributed by atoms with Crippen LogP contribution in [0.5, 0.6) is 0 Å². The molecule has 0 radical (unpaired) electrons. The minimum absolute atomic E-state index is 0.0846. The SMILES string of the molecule is C#Cc1cccc(NC(=O)C(=O)N[C@@H](c2ccccn2)C(C)C)c1. The van der Waals surface area contributed by atoms with Gasteiger partial charge in [0.15, 0.2) is 0 Å². The zero-order valence-electron chi connectivity index (χ0n) is 13.6. The molecule has 122 valence electrons. The molecule has 2 amide bonds. The number of benzene rings is 1. The highest BCUT2D eigenvalue weighted by Gasteiger charge is 2.23. The maximum atomic E-state index is 12.2. The molecule has 2 N–H and O–H groups in total. The van der Waals surface area contributed by atoms with Crippen LogP contribution in [-0.4, -0.2) is 16.8 Å². The van der Waals surface area contributed by atoms with Crippen LogP contribution in [-0.2, 0) is 9.59 Å². The summed E-state index contributed by atoms with van der Waals surface area (Å²) in [6.07, 6.45) is 6.98. The molecule has 1 aromatic heterocycles. The third-order valence-electron chi connectivity index (χ3n) is 3.45. The lowest BCUT2D eigenvalue weighted by atomic mass is 10.0. The van der Waals surface area contributed by atoms with Gasteiger partial charge in [0.25, 0.3) is 0 Å². The summed E-state index contributed by atoms with van der Waals surface area (Å²) >= 11 is 0. The van der Waals surface area contributed by atoms with E-state index in [-0.39, 0.29) is 12.0 Å². The molecule has 24 heavy (non-hydrogen) atoms. The fraction of sp³-hybridized carbons (Fsp3) is 0.211. The van der Waals surface area contributed by atoms with E-state index in [2.05, 4.69) is 21.5 Å². The van der Waals surface area contributed by atoms with Crippen LogP contribution in [0.4, 0.5) is 5.69 Å². The first-order valence-corrected chi connectivity index (χ1v) is 7.60. The van der Waals surface area contributed by atoms with Gasteiger partial charge in [-0.15, -0.1) is 6.42 Å². The zero-order valence-corrected chi connectivity index (χ0v) is 13.6. The number of nitrogens with one attached hydrogen (secondary N) is 2. The molecule has 0 saturated carbocycles. The van der Waals surface area contributed by atoms with Crippen molar-refractivity contribution in [3.63, 3.8) is 0 Å². The van der Waals surface area contributed by atoms with Gasteiger partial charge in [-0.1, -0.05) is 31.9 Å². The van der Waals surface area contributed by atoms with Crippen molar-refractivity contribution in [3.05, 3.63) is 59.9 Å². The molecule has 0 aliphatic rings. The average Bonchev–Trinajstić information content (AvgIpc) is 2.60. The number of carbonyl (C=O) groups is 2. The molecule has 0 aliphatic heterocycles. The molecule has 1 atom stereocenters. The second-order valence-corrected chi connectivity index (χ2v) is 5.63. The topological polar surface area (TPSA) is 71.1 Å². The van der Waals surface area contributed by atoms with Crippen molar-refractivity contribution in [1.82, 2.24) is 10.3 Å². The van der Waals surface area contributed by atoms with Crippen molar-refractivity contribution in [2.75, 3.05) is 5.32 Å². The Balaban J connectivity index is 2.07. The van der Waals surface area contributed by atoms with Crippen LogP contribution in [0.1, 0.15) is 31.1 Å². The van der Waals surface area contributed by atoms with Crippen molar-refractivity contribution >= 4 is 17.5 Å². The predicted molar refractivity (Wildman–Crippen MR) is 93.0 cm³/mol. The van der Waals surface area contributed by atoms with E-state index in [1.165, 1.54) is 0 Å². The number of aromatic nitrogens is 1. The average molecular weight is 321 g/mol. The van der Waals surface area contributed by atoms with Crippen LogP contribution < -0.4 is 10.6 Å². The fourth-order valence-corrected chi connectivity index (χ4v) is 2.22. The summed E-state index contributed by atoms with van der Waals surface area (Å²) in [6, 6.07) is 11.9. The fourth-order valence-electron chi connectivity index (χ4n) is 2.22. The first kappa shape index (κ1) is 17.2. The quantitative estimate of drug-likeness (QED) is 0.671. The highest BCUT2D eigenvalue weighted by Crippen LogP contribution is 2.19. The molecule has 2 aromatic rings. The maximum absolute atomic E-state index is 12.2. The van der Waals surface area contributed by atoms with Crippen LogP contribution in [0.25, 0.3) is 0 Å². The smallest absolute Gasteiger partial charge is 0.313 e. The lowest BCUT2D eigenvalue weighted by molar-refractivity contribution is -0.136. The number of pyridine rings is 1. The monoisotopic (exact) mass is 321 g/mol. The van der Waals surface area contributed by atoms with E-state index in [4.69, 9.17) is 6.42 Å². The van der Waals surface area contributed by atoms with E-state index in [0.29, 0.717) is 16.9 Å². The van der Waals surface area contributed by atoms with Gasteiger partial charge in [-0.25, -0.2) is 0 Å². The first-order chi connectivity index (χ1) is 11.5. The Hall–Kier alpha value is -3.13. The lowest BCUT2D eigenvalue weighted by Crippen LogP contribution is -2.39. The number of amides is 2. The first-order valence-electron chi connectivity index (χ1n) is 7.60. The van der Waals surface area contributed by atoms with E-state index < -0.39 is 11.8 Å². The third kappa shape index (κ3) is 4.43. The Labute approximate surface area is 141 Å². The largest absolute Gasteiger partial charge is 0.339 e. The van der Waals surface area contributed by atoms with E-state index >= 15 is 0 Å². The summed E-state index contributed by atoms with van der Waals surface area (Å²) in [6.45, 7) is 3.90. The number of rotatable bonds is 4. The number of hydrogen-bond donors (Lipinski definition) is 2. The predicted octanol–water partition coefficient (Wildman–Crippen LogP) is 2.51. The summed E-state index contributed by atoms with van der Waals surface area (Å²) in [5.41, 5.74) is 1.81. The molecule has 2 rings (SSSR count). The Bertz CT molecular complexity index is 764. The summed E-state index contributed by atoms with van der Waals surface area (Å²) in [7, 11) is 0. The highest BCUT2D eigenvalue weighted by atomic mass is 16.2. The molecule has 5 heteroatoms. The number of carbonyl (C=O) groups excluding carboxylic acids is 2. The van der Waals surface area contributed by atoms with Crippen molar-refractivity contribution in [3.8, 4) is 12.3 Å². The van der Waals surface area contributed by atoms with Gasteiger partial charge in [-0.3, -0.25) is 14.6 Å². The molecule has 0 saturated heterocycles. The van der Waals surface area contributed by atoms with Gasteiger partial charge in [-0.05, 0) is 36.2 Å². The van der Waals surface area contributed by atoms with Gasteiger partial charge in [0.2, 0.25) is 0 Å². The molecule has 0 fully saturated rings. The van der Waals surface area contributed by atoms with Gasteiger partial charge >= 0.3 is 11.8 Å². The Morgan fingerprint density at radius 3 is 2.54 bits per heavy atom. The van der Waals surface area contributed by atoms with Gasteiger partial charge < -0.3 is 10.6 Å². The van der Waals surface area contributed by atoms with Crippen molar-refractivity contribution in [2.24, 2.45) is 5.92 Å². The second-order valence-electron chi connectivity index (χ2n) is 5.63. The summed E-state index contributed by atoms with van der Waals surface area (Å²) in [5.74, 6) is 1.10. The Morgan fingerprint density at radius 1 is 1.12 bits per heavy atom. The maximum Gasteiger partial charge on any atom is 0.313 e. The molecule has 1 aromatic carbocycles. The van der Waals surface area contributed by atoms with Gasteiger partial charge in [0, 0.05) is 17.4 Å². The van der Waals surface area contributed by atoms with Crippen molar-refractivity contribution in [2.45, 2.75) is 19.9 Å². The lowest BCUT2D eigenvalue weighted by Gasteiger charge is -2.21. The van der Waals surface area contributed by atoms with E-state index in [9.17, 15) is 9.59 Å². The molecule has 0 bridgehead atoms. The van der Waals surface area contributed by atoms with Crippen molar-refractivity contribution in [1.29, 1.82) is 0 Å². The Kier molecular flexibility index (Phi) is 5.69. The zero-order chi connectivity index (χ0) is 17.5. The Morgan fingerprint density at radius 2 is 1.92 bits per heavy atom. The number of nitrogens with zero attached hydrogens (tertiary/aromatic N) is 1. The van der Waals surface area contributed by atoms with Crippen molar-refractivity contribution < 1.29 is 9.59 Å². The van der Waals surface area contributed by atoms with E-state index in [0.717, 1.165) is 0 Å². The van der Waals surface area contributed by atoms with E-state index in [1.807, 2.05) is 26.0 Å². The molecule has 1 heterocycles. The number of anilines is 1. The minimum atomic E-state index is -0.745. The van der Waals surface area contributed by atoms with Gasteiger partial charge in [-0.2, -0.15) is 0 Å². The van der Waals surface area contributed by atoms with Gasteiger partial charge in [0.1, 0.15) is 0 Å². The van der Waals surface area contributed by atoms with Crippen LogP contribution in [0.15, 0.2) is 48.7 Å². The molecular formula is C19H19N3O2. The number of hydrogen-bond acceptors (Lipinski definition) is 3. The standard InChI is InChI=1S/C19H19N3O2/c1-4-14-8-7-9-15(12-14)21-18(23)19(24)22-17(13(2)3)16-10-5-6-11-20-16/h1,5-13,17H,2-3H3,(H,21,23)(H,22,24)/t17-/m1/s1. The van der Waals surface area contributed by atoms with Crippen LogP contribution in [0.2, 0.25) is 0 Å². The van der Waals surface area contributed by atoms with Crippen LogP contribution in [0, 0.1) is 18.3 Å². The number of terminal acetylenes is 1. The summed E-state index contributed by atoms with van der Waals surface area (Å²) in [4.78, 5) is 28.6. The van der Waals surface area contributed by atoms with Gasteiger partial charge in [0.05, 0.1) is 11.7 Å². The molecule has 5 nitrogen and oxygen atoms in total. The summed E-state index contributed by atoms with van der Waals surface area (Å²) < 4.78 is 0. The molecular weight excluding hydrogens is 302 g/mol. The molecule has 0 unspecified atom stereocenters. The van der Waals surface area contributed by atoms with Crippen LogP contribution >= 0.6 is 0 Å². The minimum Gasteiger partial charge on any atom is -0.339 e.